The minimum Gasteiger partial charge on any atom is -0.358 e. The maximum Gasteiger partial charge on any atom is 0.165 e. The summed E-state index contributed by atoms with van der Waals surface area (Å²) in [5.74, 6) is -0.396. The molecule has 2 nitrogen and oxygen atoms in total. The standard InChI is InChI=1S/C10H10ClFN2.ClH/c11-8-2-1-7-6(3-4-13)5-14-10(7)9(8)12;/h1-2,5,14H,3-4,13H2;1H. The van der Waals surface area contributed by atoms with Crippen molar-refractivity contribution in [2.45, 2.75) is 6.42 Å². The van der Waals surface area contributed by atoms with Crippen LogP contribution in [0.3, 0.4) is 0 Å². The summed E-state index contributed by atoms with van der Waals surface area (Å²) in [5, 5.41) is 0.996. The Balaban J connectivity index is 0.00000112. The number of fused-ring (bicyclic) bond motifs is 1. The molecule has 82 valence electrons. The zero-order valence-electron chi connectivity index (χ0n) is 7.89. The zero-order valence-corrected chi connectivity index (χ0v) is 9.46. The van der Waals surface area contributed by atoms with Crippen LogP contribution in [0.25, 0.3) is 10.9 Å². The van der Waals surface area contributed by atoms with Gasteiger partial charge >= 0.3 is 0 Å². The van der Waals surface area contributed by atoms with E-state index in [1.807, 2.05) is 6.07 Å². The molecule has 0 spiro atoms. The highest BCUT2D eigenvalue weighted by Crippen LogP contribution is 2.26. The number of aromatic nitrogens is 1. The van der Waals surface area contributed by atoms with Gasteiger partial charge in [0.2, 0.25) is 0 Å². The van der Waals surface area contributed by atoms with Gasteiger partial charge in [-0.3, -0.25) is 0 Å². The lowest BCUT2D eigenvalue weighted by molar-refractivity contribution is 0.638. The van der Waals surface area contributed by atoms with Crippen LogP contribution in [0.15, 0.2) is 18.3 Å². The Labute approximate surface area is 98.0 Å². The fourth-order valence-corrected chi connectivity index (χ4v) is 1.72. The second kappa shape index (κ2) is 4.84. The first-order valence-electron chi connectivity index (χ1n) is 4.38. The van der Waals surface area contributed by atoms with Crippen LogP contribution < -0.4 is 5.73 Å². The number of H-pyrrole nitrogens is 1. The van der Waals surface area contributed by atoms with E-state index in [0.717, 1.165) is 17.4 Å². The van der Waals surface area contributed by atoms with Gasteiger partial charge in [0.1, 0.15) is 0 Å². The topological polar surface area (TPSA) is 41.8 Å². The Hall–Kier alpha value is -0.770. The molecule has 0 bridgehead atoms. The maximum absolute atomic E-state index is 13.5. The van der Waals surface area contributed by atoms with E-state index in [1.165, 1.54) is 0 Å². The van der Waals surface area contributed by atoms with Gasteiger partial charge in [0.05, 0.1) is 10.5 Å². The minimum absolute atomic E-state index is 0. The van der Waals surface area contributed by atoms with Crippen LogP contribution in [0.2, 0.25) is 5.02 Å². The van der Waals surface area contributed by atoms with Gasteiger partial charge < -0.3 is 10.7 Å². The number of nitrogens with two attached hydrogens (primary N) is 1. The van der Waals surface area contributed by atoms with Gasteiger partial charge in [-0.15, -0.1) is 12.4 Å². The van der Waals surface area contributed by atoms with Crippen LogP contribution in [0, 0.1) is 5.82 Å². The molecule has 1 aromatic carbocycles. The number of halogens is 3. The predicted molar refractivity (Wildman–Crippen MR) is 63.3 cm³/mol. The number of nitrogens with one attached hydrogen (secondary N) is 1. The molecule has 0 aliphatic carbocycles. The first kappa shape index (κ1) is 12.3. The van der Waals surface area contributed by atoms with Crippen LogP contribution in [0.4, 0.5) is 4.39 Å². The maximum atomic E-state index is 13.5. The second-order valence-corrected chi connectivity index (χ2v) is 3.54. The van der Waals surface area contributed by atoms with E-state index in [1.54, 1.807) is 12.3 Å². The Morgan fingerprint density at radius 2 is 2.13 bits per heavy atom. The summed E-state index contributed by atoms with van der Waals surface area (Å²) in [4.78, 5) is 2.87. The molecule has 0 radical (unpaired) electrons. The van der Waals surface area contributed by atoms with Crippen LogP contribution in [0.5, 0.6) is 0 Å². The molecule has 15 heavy (non-hydrogen) atoms. The number of hydrogen-bond donors (Lipinski definition) is 2. The van der Waals surface area contributed by atoms with Crippen molar-refractivity contribution in [1.29, 1.82) is 0 Å². The van der Waals surface area contributed by atoms with Gasteiger partial charge in [0.25, 0.3) is 0 Å². The van der Waals surface area contributed by atoms with Gasteiger partial charge in [0, 0.05) is 11.6 Å². The zero-order chi connectivity index (χ0) is 10.1. The lowest BCUT2D eigenvalue weighted by Crippen LogP contribution is -2.01. The largest absolute Gasteiger partial charge is 0.358 e. The van der Waals surface area contributed by atoms with Gasteiger partial charge in [-0.25, -0.2) is 4.39 Å². The SMILES string of the molecule is Cl.NCCc1c[nH]c2c(F)c(Cl)ccc12. The number of aromatic amines is 1. The Kier molecular flexibility index (Phi) is 3.97. The van der Waals surface area contributed by atoms with Crippen LogP contribution in [-0.4, -0.2) is 11.5 Å². The van der Waals surface area contributed by atoms with E-state index >= 15 is 0 Å². The fraction of sp³-hybridized carbons (Fsp3) is 0.200. The van der Waals surface area contributed by atoms with Crippen molar-refractivity contribution < 1.29 is 4.39 Å². The van der Waals surface area contributed by atoms with E-state index in [-0.39, 0.29) is 17.4 Å². The summed E-state index contributed by atoms with van der Waals surface area (Å²) in [5.41, 5.74) is 6.93. The summed E-state index contributed by atoms with van der Waals surface area (Å²) in [6, 6.07) is 3.37. The highest BCUT2D eigenvalue weighted by molar-refractivity contribution is 6.31. The van der Waals surface area contributed by atoms with Crippen molar-refractivity contribution in [1.82, 2.24) is 4.98 Å². The molecular weight excluding hydrogens is 238 g/mol. The predicted octanol–water partition coefficient (Wildman–Crippen LogP) is 2.88. The molecule has 0 unspecified atom stereocenters. The lowest BCUT2D eigenvalue weighted by atomic mass is 10.1. The third kappa shape index (κ3) is 2.09. The average Bonchev–Trinajstić information content (AvgIpc) is 2.57. The van der Waals surface area contributed by atoms with Gasteiger partial charge in [-0.05, 0) is 24.6 Å². The van der Waals surface area contributed by atoms with Crippen LogP contribution >= 0.6 is 24.0 Å². The quantitative estimate of drug-likeness (QED) is 0.844. The molecule has 3 N–H and O–H groups in total. The summed E-state index contributed by atoms with van der Waals surface area (Å²) in [6.07, 6.45) is 2.51. The second-order valence-electron chi connectivity index (χ2n) is 3.14. The first-order chi connectivity index (χ1) is 6.74. The highest BCUT2D eigenvalue weighted by Gasteiger charge is 2.09. The Morgan fingerprint density at radius 3 is 2.80 bits per heavy atom. The molecule has 5 heteroatoms. The van der Waals surface area contributed by atoms with Crippen molar-refractivity contribution in [3.8, 4) is 0 Å². The van der Waals surface area contributed by atoms with Crippen molar-refractivity contribution in [2.24, 2.45) is 5.73 Å². The van der Waals surface area contributed by atoms with Gasteiger partial charge in [-0.2, -0.15) is 0 Å². The van der Waals surface area contributed by atoms with E-state index in [0.29, 0.717) is 12.1 Å². The van der Waals surface area contributed by atoms with Crippen molar-refractivity contribution in [3.63, 3.8) is 0 Å². The molecule has 2 aromatic rings. The average molecular weight is 249 g/mol. The summed E-state index contributed by atoms with van der Waals surface area (Å²) in [6.45, 7) is 0.553. The molecular formula is C10H11Cl2FN2. The lowest BCUT2D eigenvalue weighted by Gasteiger charge is -1.98. The minimum atomic E-state index is -0.396. The number of rotatable bonds is 2. The number of hydrogen-bond acceptors (Lipinski definition) is 1. The number of benzene rings is 1. The third-order valence-corrected chi connectivity index (χ3v) is 2.54. The smallest absolute Gasteiger partial charge is 0.165 e. The van der Waals surface area contributed by atoms with Crippen LogP contribution in [0.1, 0.15) is 5.56 Å². The molecule has 0 aliphatic heterocycles. The Morgan fingerprint density at radius 1 is 1.40 bits per heavy atom. The van der Waals surface area contributed by atoms with E-state index in [9.17, 15) is 4.39 Å². The van der Waals surface area contributed by atoms with Gasteiger partial charge in [0.15, 0.2) is 5.82 Å². The normalized spacial score (nSPS) is 10.3. The van der Waals surface area contributed by atoms with Crippen molar-refractivity contribution >= 4 is 34.9 Å². The molecule has 0 saturated carbocycles. The van der Waals surface area contributed by atoms with Crippen molar-refractivity contribution in [2.75, 3.05) is 6.54 Å². The fourth-order valence-electron chi connectivity index (χ4n) is 1.56. The van der Waals surface area contributed by atoms with Crippen LogP contribution in [-0.2, 0) is 6.42 Å². The monoisotopic (exact) mass is 248 g/mol. The summed E-state index contributed by atoms with van der Waals surface area (Å²) in [7, 11) is 0. The molecule has 2 rings (SSSR count). The molecule has 1 heterocycles. The molecule has 0 atom stereocenters. The van der Waals surface area contributed by atoms with E-state index < -0.39 is 5.82 Å². The molecule has 0 saturated heterocycles. The molecule has 0 fully saturated rings. The van der Waals surface area contributed by atoms with Gasteiger partial charge in [-0.1, -0.05) is 17.7 Å². The van der Waals surface area contributed by atoms with Crippen molar-refractivity contribution in [3.05, 3.63) is 34.7 Å². The van der Waals surface area contributed by atoms with E-state index in [4.69, 9.17) is 17.3 Å². The molecule has 0 aliphatic rings. The molecule has 1 aromatic heterocycles. The summed E-state index contributed by atoms with van der Waals surface area (Å²) < 4.78 is 13.5. The molecule has 0 amide bonds. The first-order valence-corrected chi connectivity index (χ1v) is 4.76. The Bertz CT molecular complexity index is 468. The highest BCUT2D eigenvalue weighted by atomic mass is 35.5. The van der Waals surface area contributed by atoms with E-state index in [2.05, 4.69) is 4.98 Å². The third-order valence-electron chi connectivity index (χ3n) is 2.25. The summed E-state index contributed by atoms with van der Waals surface area (Å²) >= 11 is 5.65.